The molecule has 1 aromatic rings. The van der Waals surface area contributed by atoms with Crippen molar-refractivity contribution in [2.24, 2.45) is 28.6 Å². The van der Waals surface area contributed by atoms with Crippen LogP contribution >= 0.6 is 11.6 Å². The molecule has 4 aliphatic rings. The van der Waals surface area contributed by atoms with Crippen LogP contribution in [0, 0.1) is 28.6 Å². The summed E-state index contributed by atoms with van der Waals surface area (Å²) in [5.41, 5.74) is 1.05. The Morgan fingerprint density at radius 3 is 2.47 bits per heavy atom. The van der Waals surface area contributed by atoms with Gasteiger partial charge in [0.05, 0.1) is 10.6 Å². The predicted octanol–water partition coefficient (Wildman–Crippen LogP) is 7.98. The van der Waals surface area contributed by atoms with E-state index in [-0.39, 0.29) is 22.8 Å². The third-order valence-electron chi connectivity index (χ3n) is 11.8. The van der Waals surface area contributed by atoms with Crippen molar-refractivity contribution < 1.29 is 9.59 Å². The average Bonchev–Trinajstić information content (AvgIpc) is 3.25. The molecule has 1 aliphatic heterocycles. The first-order chi connectivity index (χ1) is 18.2. The maximum Gasteiger partial charge on any atom is 0.255 e. The molecular weight excluding hydrogens is 492 g/mol. The lowest BCUT2D eigenvalue weighted by Gasteiger charge is -2.62. The van der Waals surface area contributed by atoms with Crippen molar-refractivity contribution in [1.82, 2.24) is 9.80 Å². The Kier molecular flexibility index (Phi) is 8.21. The van der Waals surface area contributed by atoms with E-state index in [1.807, 2.05) is 31.3 Å². The molecule has 0 N–H and O–H groups in total. The van der Waals surface area contributed by atoms with E-state index < -0.39 is 0 Å². The van der Waals surface area contributed by atoms with Gasteiger partial charge < -0.3 is 9.80 Å². The van der Waals surface area contributed by atoms with Gasteiger partial charge in [0.2, 0.25) is 5.91 Å². The number of amides is 2. The molecule has 0 aromatic heterocycles. The highest BCUT2D eigenvalue weighted by atomic mass is 35.5. The van der Waals surface area contributed by atoms with Gasteiger partial charge in [0, 0.05) is 32.1 Å². The predicted molar refractivity (Wildman–Crippen MR) is 155 cm³/mol. The molecule has 3 aliphatic carbocycles. The molecule has 0 spiro atoms. The van der Waals surface area contributed by atoms with E-state index in [1.165, 1.54) is 51.4 Å². The number of likely N-dealkylation sites (tertiary alicyclic amines) is 1. The summed E-state index contributed by atoms with van der Waals surface area (Å²) in [6.45, 7) is 8.10. The first-order valence-corrected chi connectivity index (χ1v) is 15.9. The Morgan fingerprint density at radius 2 is 1.71 bits per heavy atom. The fourth-order valence-corrected chi connectivity index (χ4v) is 9.93. The molecular formula is C33H49ClN2O2. The van der Waals surface area contributed by atoms with E-state index in [4.69, 9.17) is 11.6 Å². The molecule has 3 saturated carbocycles. The Hall–Kier alpha value is -1.55. The molecule has 4 fully saturated rings. The number of piperidine rings is 1. The first-order valence-electron chi connectivity index (χ1n) is 15.5. The van der Waals surface area contributed by atoms with Gasteiger partial charge in [-0.3, -0.25) is 9.59 Å². The van der Waals surface area contributed by atoms with E-state index in [0.29, 0.717) is 46.7 Å². The molecule has 1 saturated heterocycles. The molecule has 38 heavy (non-hydrogen) atoms. The highest BCUT2D eigenvalue weighted by Crippen LogP contribution is 2.65. The topological polar surface area (TPSA) is 40.6 Å². The summed E-state index contributed by atoms with van der Waals surface area (Å²) in [4.78, 5) is 31.0. The van der Waals surface area contributed by atoms with E-state index in [1.54, 1.807) is 0 Å². The SMILES string of the molecule is CCCCCCCN(C(=O)c1ccccc1Cl)[C@H]1CC[C@H]2[C@@H]3CC[C@H]4N(C)C(=O)CC[C@]4(C)[C@H]3CC[C@]12C. The molecule has 210 valence electrons. The van der Waals surface area contributed by atoms with Crippen molar-refractivity contribution in [3.8, 4) is 0 Å². The number of benzene rings is 1. The Bertz CT molecular complexity index is 1030. The van der Waals surface area contributed by atoms with E-state index in [9.17, 15) is 9.59 Å². The third kappa shape index (κ3) is 4.71. The van der Waals surface area contributed by atoms with Crippen LogP contribution in [-0.4, -0.2) is 47.3 Å². The molecule has 0 radical (unpaired) electrons. The smallest absolute Gasteiger partial charge is 0.255 e. The number of halogens is 1. The Morgan fingerprint density at radius 1 is 0.974 bits per heavy atom. The number of nitrogens with zero attached hydrogens (tertiary/aromatic N) is 2. The number of unbranched alkanes of at least 4 members (excludes halogenated alkanes) is 4. The van der Waals surface area contributed by atoms with Crippen molar-refractivity contribution in [1.29, 1.82) is 0 Å². The van der Waals surface area contributed by atoms with Gasteiger partial charge in [0.15, 0.2) is 0 Å². The van der Waals surface area contributed by atoms with Crippen LogP contribution in [0.2, 0.25) is 5.02 Å². The fraction of sp³-hybridized carbons (Fsp3) is 0.758. The van der Waals surface area contributed by atoms with Crippen LogP contribution in [0.3, 0.4) is 0 Å². The zero-order valence-corrected chi connectivity index (χ0v) is 24.9. The number of hydrogen-bond donors (Lipinski definition) is 0. The monoisotopic (exact) mass is 540 g/mol. The number of fused-ring (bicyclic) bond motifs is 5. The minimum atomic E-state index is 0.128. The molecule has 1 heterocycles. The quantitative estimate of drug-likeness (QED) is 0.313. The van der Waals surface area contributed by atoms with Gasteiger partial charge in [-0.2, -0.15) is 0 Å². The summed E-state index contributed by atoms with van der Waals surface area (Å²) in [5.74, 6) is 2.52. The molecule has 0 bridgehead atoms. The zero-order chi connectivity index (χ0) is 27.1. The minimum absolute atomic E-state index is 0.128. The summed E-state index contributed by atoms with van der Waals surface area (Å²) in [5, 5.41) is 0.569. The van der Waals surface area contributed by atoms with Crippen LogP contribution in [0.5, 0.6) is 0 Å². The summed E-state index contributed by atoms with van der Waals surface area (Å²) >= 11 is 6.56. The van der Waals surface area contributed by atoms with Crippen molar-refractivity contribution in [2.45, 2.75) is 116 Å². The average molecular weight is 541 g/mol. The van der Waals surface area contributed by atoms with Crippen LogP contribution in [0.1, 0.15) is 115 Å². The van der Waals surface area contributed by atoms with Gasteiger partial charge in [-0.15, -0.1) is 0 Å². The van der Waals surface area contributed by atoms with E-state index in [0.717, 1.165) is 32.2 Å². The van der Waals surface area contributed by atoms with Gasteiger partial charge in [-0.25, -0.2) is 0 Å². The second-order valence-electron chi connectivity index (χ2n) is 13.5. The maximum atomic E-state index is 14.1. The standard InChI is InChI=1S/C33H49ClN2O2/c1-5-6-7-8-11-22-36(31(38)24-12-9-10-13-27(24)34)29-17-15-25-23-14-16-28-32(2,21-19-30(37)35(28)4)26(23)18-20-33(25,29)3/h9-10,12-13,23,25-26,28-29H,5-8,11,14-22H2,1-4H3/t23-,25-,26-,28+,29-,32+,33-/m0/s1. The van der Waals surface area contributed by atoms with Gasteiger partial charge in [0.25, 0.3) is 5.91 Å². The van der Waals surface area contributed by atoms with Gasteiger partial charge in [0.1, 0.15) is 0 Å². The zero-order valence-electron chi connectivity index (χ0n) is 24.2. The van der Waals surface area contributed by atoms with Gasteiger partial charge in [-0.1, -0.05) is 70.2 Å². The van der Waals surface area contributed by atoms with Gasteiger partial charge >= 0.3 is 0 Å². The Labute approximate surface area is 235 Å². The highest BCUT2D eigenvalue weighted by Gasteiger charge is 2.62. The van der Waals surface area contributed by atoms with Crippen LogP contribution in [0.15, 0.2) is 24.3 Å². The number of hydrogen-bond acceptors (Lipinski definition) is 2. The lowest BCUT2D eigenvalue weighted by Crippen LogP contribution is -2.62. The molecule has 2 amide bonds. The maximum absolute atomic E-state index is 14.1. The number of carbonyl (C=O) groups excluding carboxylic acids is 2. The van der Waals surface area contributed by atoms with E-state index >= 15 is 0 Å². The molecule has 5 heteroatoms. The Balaban J connectivity index is 1.39. The summed E-state index contributed by atoms with van der Waals surface area (Å²) < 4.78 is 0. The van der Waals surface area contributed by atoms with Crippen molar-refractivity contribution >= 4 is 23.4 Å². The molecule has 5 rings (SSSR count). The summed E-state index contributed by atoms with van der Waals surface area (Å²) in [6, 6.07) is 8.29. The molecule has 0 unspecified atom stereocenters. The molecule has 4 nitrogen and oxygen atoms in total. The van der Waals surface area contributed by atoms with Gasteiger partial charge in [-0.05, 0) is 92.1 Å². The fourth-order valence-electron chi connectivity index (χ4n) is 9.71. The second-order valence-corrected chi connectivity index (χ2v) is 13.9. The normalized spacial score (nSPS) is 36.4. The first kappa shape index (κ1) is 28.0. The number of rotatable bonds is 8. The lowest BCUT2D eigenvalue weighted by molar-refractivity contribution is -0.158. The number of carbonyl (C=O) groups is 2. The largest absolute Gasteiger partial charge is 0.342 e. The van der Waals surface area contributed by atoms with E-state index in [2.05, 4.69) is 30.6 Å². The summed E-state index contributed by atoms with van der Waals surface area (Å²) in [6.07, 6.45) is 14.9. The van der Waals surface area contributed by atoms with Crippen molar-refractivity contribution in [3.63, 3.8) is 0 Å². The van der Waals surface area contributed by atoms with Crippen molar-refractivity contribution in [3.05, 3.63) is 34.9 Å². The highest BCUT2D eigenvalue weighted by molar-refractivity contribution is 6.33. The second kappa shape index (κ2) is 11.1. The molecule has 7 atom stereocenters. The minimum Gasteiger partial charge on any atom is -0.342 e. The molecule has 1 aromatic carbocycles. The van der Waals surface area contributed by atoms with Crippen LogP contribution in [0.25, 0.3) is 0 Å². The van der Waals surface area contributed by atoms with Crippen LogP contribution < -0.4 is 0 Å². The third-order valence-corrected chi connectivity index (χ3v) is 12.1. The van der Waals surface area contributed by atoms with Crippen molar-refractivity contribution in [2.75, 3.05) is 13.6 Å². The van der Waals surface area contributed by atoms with Crippen LogP contribution in [-0.2, 0) is 4.79 Å². The van der Waals surface area contributed by atoms with Crippen LogP contribution in [0.4, 0.5) is 0 Å². The lowest BCUT2D eigenvalue weighted by atomic mass is 9.47. The summed E-state index contributed by atoms with van der Waals surface area (Å²) in [7, 11) is 2.04.